The number of carbonyl (C=O) groups is 1. The lowest BCUT2D eigenvalue weighted by Crippen LogP contribution is -2.42. The quantitative estimate of drug-likeness (QED) is 0.233. The topological polar surface area (TPSA) is 70.1 Å². The van der Waals surface area contributed by atoms with Gasteiger partial charge in [0.2, 0.25) is 0 Å². The Labute approximate surface area is 252 Å². The highest BCUT2D eigenvalue weighted by Crippen LogP contribution is 2.51. The molecular weight excluding hydrogens is 574 g/mol. The lowest BCUT2D eigenvalue weighted by molar-refractivity contribution is -0.137. The van der Waals surface area contributed by atoms with Crippen molar-refractivity contribution in [1.82, 2.24) is 0 Å². The predicted molar refractivity (Wildman–Crippen MR) is 160 cm³/mol. The monoisotopic (exact) mass is 605 g/mol. The summed E-state index contributed by atoms with van der Waals surface area (Å²) in [5.74, 6) is -0.646. The van der Waals surface area contributed by atoms with Gasteiger partial charge in [-0.25, -0.2) is 4.39 Å². The number of halogens is 4. The van der Waals surface area contributed by atoms with Crippen molar-refractivity contribution in [3.63, 3.8) is 0 Å². The molecule has 0 radical (unpaired) electrons. The fourth-order valence-corrected chi connectivity index (χ4v) is 6.99. The third-order valence-electron chi connectivity index (χ3n) is 8.03. The second kappa shape index (κ2) is 11.2. The zero-order valence-corrected chi connectivity index (χ0v) is 25.1. The maximum Gasteiger partial charge on any atom is 0.416 e. The maximum absolute atomic E-state index is 13.9. The number of carbonyl (C=O) groups excluding carboxylic acids is 1. The number of allylic oxidation sites excluding steroid dienone is 3. The van der Waals surface area contributed by atoms with Gasteiger partial charge in [-0.3, -0.25) is 9.69 Å². The van der Waals surface area contributed by atoms with Crippen LogP contribution in [0.25, 0.3) is 0 Å². The Bertz CT molecular complexity index is 1710. The molecule has 0 fully saturated rings. The number of hydrogen-bond acceptors (Lipinski definition) is 5. The first-order valence-corrected chi connectivity index (χ1v) is 14.8. The SMILES string of the molecule is Cc1cc(CSc2ccc(F)cc2)c(C)c(C2C(C#N)=C(N)N(c3cccc(C(F)(F)F)c3)C3=C2C(=O)CC(C)(C)C3)c1. The fraction of sp³-hybridized carbons (Fsp3) is 0.294. The molecule has 222 valence electrons. The van der Waals surface area contributed by atoms with Gasteiger partial charge in [-0.05, 0) is 84.8 Å². The summed E-state index contributed by atoms with van der Waals surface area (Å²) in [6.07, 6.45) is -3.96. The Kier molecular flexibility index (Phi) is 7.95. The standard InChI is InChI=1S/C34H31F4N3OS/c1-19-12-21(18-43-25-10-8-23(35)9-11-25)20(2)26(13-19)30-27(17-39)32(40)41(24-7-5-6-22(14-24)34(36,37)38)28-15-33(3,4)16-29(42)31(28)30/h5-14,30H,15-16,18,40H2,1-4H3. The van der Waals surface area contributed by atoms with E-state index in [0.717, 1.165) is 39.3 Å². The number of thioether (sulfide) groups is 1. The van der Waals surface area contributed by atoms with E-state index in [1.807, 2.05) is 39.8 Å². The van der Waals surface area contributed by atoms with Crippen LogP contribution in [0.4, 0.5) is 23.2 Å². The molecule has 3 aromatic rings. The van der Waals surface area contributed by atoms with Gasteiger partial charge in [-0.15, -0.1) is 11.8 Å². The number of ketones is 1. The largest absolute Gasteiger partial charge is 0.416 e. The van der Waals surface area contributed by atoms with E-state index in [1.54, 1.807) is 23.9 Å². The summed E-state index contributed by atoms with van der Waals surface area (Å²) < 4.78 is 54.5. The molecule has 3 aromatic carbocycles. The van der Waals surface area contributed by atoms with Crippen LogP contribution in [0.5, 0.6) is 0 Å². The van der Waals surface area contributed by atoms with Gasteiger partial charge < -0.3 is 5.73 Å². The molecule has 1 aliphatic heterocycles. The second-order valence-corrected chi connectivity index (χ2v) is 13.0. The van der Waals surface area contributed by atoms with Crippen molar-refractivity contribution in [3.05, 3.63) is 117 Å². The van der Waals surface area contributed by atoms with E-state index in [0.29, 0.717) is 23.4 Å². The molecule has 2 aliphatic rings. The first-order valence-electron chi connectivity index (χ1n) is 13.8. The molecule has 0 saturated heterocycles. The molecule has 1 atom stereocenters. The summed E-state index contributed by atoms with van der Waals surface area (Å²) in [4.78, 5) is 16.3. The average molecular weight is 606 g/mol. The van der Waals surface area contributed by atoms with Crippen LogP contribution in [0.2, 0.25) is 0 Å². The van der Waals surface area contributed by atoms with E-state index in [1.165, 1.54) is 29.2 Å². The van der Waals surface area contributed by atoms with Crippen LogP contribution in [0.15, 0.2) is 88.2 Å². The number of rotatable bonds is 5. The minimum atomic E-state index is -4.58. The van der Waals surface area contributed by atoms with E-state index < -0.39 is 23.1 Å². The molecule has 1 heterocycles. The van der Waals surface area contributed by atoms with Crippen molar-refractivity contribution >= 4 is 23.2 Å². The summed E-state index contributed by atoms with van der Waals surface area (Å²) in [5, 5.41) is 10.5. The molecule has 0 bridgehead atoms. The fourth-order valence-electron chi connectivity index (χ4n) is 6.04. The molecule has 9 heteroatoms. The van der Waals surface area contributed by atoms with Gasteiger partial charge in [0.1, 0.15) is 11.6 Å². The Morgan fingerprint density at radius 1 is 1.07 bits per heavy atom. The van der Waals surface area contributed by atoms with Crippen molar-refractivity contribution in [3.8, 4) is 6.07 Å². The highest BCUT2D eigenvalue weighted by molar-refractivity contribution is 7.98. The van der Waals surface area contributed by atoms with Crippen molar-refractivity contribution in [1.29, 1.82) is 5.26 Å². The summed E-state index contributed by atoms with van der Waals surface area (Å²) in [6.45, 7) is 7.76. The first-order chi connectivity index (χ1) is 20.2. The Morgan fingerprint density at radius 3 is 2.42 bits per heavy atom. The third kappa shape index (κ3) is 5.94. The molecule has 2 N–H and O–H groups in total. The van der Waals surface area contributed by atoms with Crippen LogP contribution in [0.3, 0.4) is 0 Å². The molecule has 4 nitrogen and oxygen atoms in total. The predicted octanol–water partition coefficient (Wildman–Crippen LogP) is 8.69. The van der Waals surface area contributed by atoms with Crippen LogP contribution < -0.4 is 10.6 Å². The van der Waals surface area contributed by atoms with Crippen molar-refractivity contribution in [2.75, 3.05) is 4.90 Å². The number of aryl methyl sites for hydroxylation is 1. The highest BCUT2D eigenvalue weighted by atomic mass is 32.2. The van der Waals surface area contributed by atoms with Gasteiger partial charge in [0.25, 0.3) is 0 Å². The smallest absolute Gasteiger partial charge is 0.384 e. The average Bonchev–Trinajstić information content (AvgIpc) is 2.92. The second-order valence-electron chi connectivity index (χ2n) is 11.9. The first kappa shape index (κ1) is 30.4. The highest BCUT2D eigenvalue weighted by Gasteiger charge is 2.45. The van der Waals surface area contributed by atoms with Gasteiger partial charge in [-0.1, -0.05) is 37.6 Å². The van der Waals surface area contributed by atoms with Crippen LogP contribution in [-0.2, 0) is 16.7 Å². The lowest BCUT2D eigenvalue weighted by Gasteiger charge is -2.44. The van der Waals surface area contributed by atoms with Gasteiger partial charge in [0, 0.05) is 34.0 Å². The number of nitriles is 1. The van der Waals surface area contributed by atoms with Crippen LogP contribution in [-0.4, -0.2) is 5.78 Å². The van der Waals surface area contributed by atoms with Gasteiger partial charge in [-0.2, -0.15) is 18.4 Å². The van der Waals surface area contributed by atoms with Crippen LogP contribution >= 0.6 is 11.8 Å². The molecule has 0 amide bonds. The summed E-state index contributed by atoms with van der Waals surface area (Å²) in [6, 6.07) is 17.3. The summed E-state index contributed by atoms with van der Waals surface area (Å²) >= 11 is 1.54. The van der Waals surface area contributed by atoms with Gasteiger partial charge >= 0.3 is 6.18 Å². The zero-order chi connectivity index (χ0) is 31.3. The van der Waals surface area contributed by atoms with Crippen LogP contribution in [0.1, 0.15) is 60.4 Å². The molecule has 0 aromatic heterocycles. The molecule has 0 saturated carbocycles. The van der Waals surface area contributed by atoms with Gasteiger partial charge in [0.15, 0.2) is 5.78 Å². The number of anilines is 1. The van der Waals surface area contributed by atoms with Crippen molar-refractivity contribution < 1.29 is 22.4 Å². The molecule has 1 aliphatic carbocycles. The summed E-state index contributed by atoms with van der Waals surface area (Å²) in [5.41, 5.74) is 10.1. The van der Waals surface area contributed by atoms with E-state index >= 15 is 0 Å². The minimum absolute atomic E-state index is 0.0132. The van der Waals surface area contributed by atoms with Crippen molar-refractivity contribution in [2.45, 2.75) is 63.3 Å². The minimum Gasteiger partial charge on any atom is -0.384 e. The van der Waals surface area contributed by atoms with Crippen LogP contribution in [0, 0.1) is 36.4 Å². The maximum atomic E-state index is 13.9. The zero-order valence-electron chi connectivity index (χ0n) is 24.3. The summed E-state index contributed by atoms with van der Waals surface area (Å²) in [7, 11) is 0. The van der Waals surface area contributed by atoms with E-state index in [9.17, 15) is 27.6 Å². The Hall–Kier alpha value is -4.03. The number of alkyl halides is 3. The Morgan fingerprint density at radius 2 is 1.77 bits per heavy atom. The third-order valence-corrected chi connectivity index (χ3v) is 9.09. The van der Waals surface area contributed by atoms with E-state index in [-0.39, 0.29) is 35.1 Å². The number of nitrogens with two attached hydrogens (primary N) is 1. The lowest BCUT2D eigenvalue weighted by atomic mass is 9.68. The van der Waals surface area contributed by atoms with E-state index in [2.05, 4.69) is 6.07 Å². The number of nitrogens with zero attached hydrogens (tertiary/aromatic N) is 2. The molecule has 0 spiro atoms. The van der Waals surface area contributed by atoms with Gasteiger partial charge in [0.05, 0.1) is 23.1 Å². The number of hydrogen-bond donors (Lipinski definition) is 1. The normalized spacial score (nSPS) is 18.5. The molecule has 43 heavy (non-hydrogen) atoms. The molecule has 5 rings (SSSR count). The molecular formula is C34H31F4N3OS. The number of benzene rings is 3. The molecule has 1 unspecified atom stereocenters. The van der Waals surface area contributed by atoms with Crippen molar-refractivity contribution in [2.24, 2.45) is 11.1 Å². The number of Topliss-reactive ketones (excluding diaryl/α,β-unsaturated/α-hetero) is 1. The Balaban J connectivity index is 1.68. The van der Waals surface area contributed by atoms with E-state index in [4.69, 9.17) is 5.73 Å².